The molecule has 142 valence electrons. The van der Waals surface area contributed by atoms with Crippen LogP contribution in [0.25, 0.3) is 10.8 Å². The molecule has 0 aliphatic carbocycles. The summed E-state index contributed by atoms with van der Waals surface area (Å²) in [5.41, 5.74) is 2.23. The van der Waals surface area contributed by atoms with Gasteiger partial charge < -0.3 is 9.84 Å². The number of benzene rings is 4. The fraction of sp³-hybridized carbons (Fsp3) is 0.0833. The second-order valence-electron chi connectivity index (χ2n) is 6.28. The summed E-state index contributed by atoms with van der Waals surface area (Å²) >= 11 is 11.6. The zero-order valence-corrected chi connectivity index (χ0v) is 16.7. The molecule has 0 atom stereocenters. The van der Waals surface area contributed by atoms with Gasteiger partial charge in [0.05, 0.1) is 13.2 Å². The molecule has 0 aliphatic heterocycles. The number of hydrogen-bond acceptors (Lipinski definition) is 2. The molecule has 0 amide bonds. The van der Waals surface area contributed by atoms with Crippen LogP contribution in [-0.4, -0.2) is 5.11 Å². The average molecular weight is 411 g/mol. The Morgan fingerprint density at radius 1 is 0.607 bits per heavy atom. The molecule has 0 fully saturated rings. The first-order chi connectivity index (χ1) is 13.6. The number of halogens is 2. The standard InChI is InChI=1S/C14H12Cl2O.C10H8O/c15-13-5-1-11(2-6-13)9-17-10-12-3-7-14(16)8-4-12;11-10-6-5-8-3-1-2-4-9(8)7-10/h1-8H,9-10H2;1-7,11H. The lowest BCUT2D eigenvalue weighted by Gasteiger charge is -2.05. The molecule has 4 aromatic carbocycles. The Balaban J connectivity index is 0.000000176. The van der Waals surface area contributed by atoms with Crippen molar-refractivity contribution >= 4 is 34.0 Å². The van der Waals surface area contributed by atoms with Gasteiger partial charge in [-0.3, -0.25) is 0 Å². The molecule has 4 rings (SSSR count). The van der Waals surface area contributed by atoms with E-state index in [1.165, 1.54) is 0 Å². The third-order valence-corrected chi connectivity index (χ3v) is 4.60. The third kappa shape index (κ3) is 6.28. The Hall–Kier alpha value is -2.52. The number of hydrogen-bond donors (Lipinski definition) is 1. The van der Waals surface area contributed by atoms with E-state index in [-0.39, 0.29) is 0 Å². The number of aromatic hydroxyl groups is 1. The first kappa shape index (κ1) is 20.2. The molecule has 0 bridgehead atoms. The highest BCUT2D eigenvalue weighted by atomic mass is 35.5. The molecule has 0 saturated carbocycles. The van der Waals surface area contributed by atoms with Crippen molar-refractivity contribution in [3.05, 3.63) is 112 Å². The van der Waals surface area contributed by atoms with Crippen molar-refractivity contribution in [2.24, 2.45) is 0 Å². The molecule has 2 nitrogen and oxygen atoms in total. The predicted octanol–water partition coefficient (Wildman–Crippen LogP) is 7.26. The van der Waals surface area contributed by atoms with Crippen molar-refractivity contribution < 1.29 is 9.84 Å². The van der Waals surface area contributed by atoms with E-state index in [1.54, 1.807) is 12.1 Å². The molecule has 4 heteroatoms. The van der Waals surface area contributed by atoms with Crippen molar-refractivity contribution in [2.75, 3.05) is 0 Å². The molecule has 0 saturated heterocycles. The van der Waals surface area contributed by atoms with Gasteiger partial charge in [0.2, 0.25) is 0 Å². The lowest BCUT2D eigenvalue weighted by molar-refractivity contribution is 0.107. The van der Waals surface area contributed by atoms with E-state index in [0.717, 1.165) is 31.9 Å². The fourth-order valence-corrected chi connectivity index (χ4v) is 2.88. The maximum absolute atomic E-state index is 9.13. The van der Waals surface area contributed by atoms with Crippen molar-refractivity contribution in [1.29, 1.82) is 0 Å². The van der Waals surface area contributed by atoms with Gasteiger partial charge in [-0.25, -0.2) is 0 Å². The number of phenols is 1. The van der Waals surface area contributed by atoms with E-state index < -0.39 is 0 Å². The summed E-state index contributed by atoms with van der Waals surface area (Å²) in [5.74, 6) is 0.323. The largest absolute Gasteiger partial charge is 0.508 e. The number of fused-ring (bicyclic) bond motifs is 1. The Bertz CT molecular complexity index is 967. The lowest BCUT2D eigenvalue weighted by atomic mass is 10.1. The second-order valence-corrected chi connectivity index (χ2v) is 7.15. The highest BCUT2D eigenvalue weighted by Crippen LogP contribution is 2.18. The first-order valence-corrected chi connectivity index (χ1v) is 9.60. The van der Waals surface area contributed by atoms with Crippen LogP contribution in [0.4, 0.5) is 0 Å². The minimum absolute atomic E-state index is 0.323. The fourth-order valence-electron chi connectivity index (χ4n) is 2.62. The molecule has 0 radical (unpaired) electrons. The Morgan fingerprint density at radius 2 is 1.11 bits per heavy atom. The molecule has 0 aromatic heterocycles. The maximum Gasteiger partial charge on any atom is 0.116 e. The van der Waals surface area contributed by atoms with Crippen molar-refractivity contribution in [3.63, 3.8) is 0 Å². The Kier molecular flexibility index (Phi) is 7.32. The van der Waals surface area contributed by atoms with Crippen LogP contribution >= 0.6 is 23.2 Å². The van der Waals surface area contributed by atoms with Crippen LogP contribution in [-0.2, 0) is 18.0 Å². The first-order valence-electron chi connectivity index (χ1n) is 8.84. The van der Waals surface area contributed by atoms with Gasteiger partial charge in [-0.1, -0.05) is 77.8 Å². The highest BCUT2D eigenvalue weighted by Gasteiger charge is 1.96. The number of ether oxygens (including phenoxy) is 1. The molecule has 1 N–H and O–H groups in total. The molecule has 0 unspecified atom stereocenters. The molecule has 0 heterocycles. The summed E-state index contributed by atoms with van der Waals surface area (Å²) in [5, 5.41) is 12.8. The molecule has 0 aliphatic rings. The zero-order valence-electron chi connectivity index (χ0n) is 15.2. The van der Waals surface area contributed by atoms with E-state index in [4.69, 9.17) is 33.0 Å². The molecule has 28 heavy (non-hydrogen) atoms. The van der Waals surface area contributed by atoms with Crippen LogP contribution in [0.2, 0.25) is 10.0 Å². The van der Waals surface area contributed by atoms with Crippen molar-refractivity contribution in [2.45, 2.75) is 13.2 Å². The van der Waals surface area contributed by atoms with Gasteiger partial charge in [0, 0.05) is 10.0 Å². The zero-order chi connectivity index (χ0) is 19.8. The smallest absolute Gasteiger partial charge is 0.116 e. The van der Waals surface area contributed by atoms with Gasteiger partial charge in [0.1, 0.15) is 5.75 Å². The van der Waals surface area contributed by atoms with Crippen LogP contribution in [0.15, 0.2) is 91.0 Å². The van der Waals surface area contributed by atoms with E-state index in [1.807, 2.05) is 78.9 Å². The topological polar surface area (TPSA) is 29.5 Å². The third-order valence-electron chi connectivity index (χ3n) is 4.10. The summed E-state index contributed by atoms with van der Waals surface area (Å²) in [6.45, 7) is 1.17. The van der Waals surface area contributed by atoms with Crippen LogP contribution in [0.5, 0.6) is 5.75 Å². The van der Waals surface area contributed by atoms with Crippen LogP contribution in [0.3, 0.4) is 0 Å². The minimum atomic E-state index is 0.323. The summed E-state index contributed by atoms with van der Waals surface area (Å²) in [6.07, 6.45) is 0. The van der Waals surface area contributed by atoms with Gasteiger partial charge in [0.15, 0.2) is 0 Å². The summed E-state index contributed by atoms with van der Waals surface area (Å²) < 4.78 is 5.60. The normalized spacial score (nSPS) is 10.4. The minimum Gasteiger partial charge on any atom is -0.508 e. The number of phenolic OH excluding ortho intramolecular Hbond substituents is 1. The van der Waals surface area contributed by atoms with E-state index >= 15 is 0 Å². The van der Waals surface area contributed by atoms with Crippen LogP contribution in [0, 0.1) is 0 Å². The predicted molar refractivity (Wildman–Crippen MR) is 117 cm³/mol. The summed E-state index contributed by atoms with van der Waals surface area (Å²) in [7, 11) is 0. The van der Waals surface area contributed by atoms with E-state index in [0.29, 0.717) is 19.0 Å². The van der Waals surface area contributed by atoms with Gasteiger partial charge >= 0.3 is 0 Å². The lowest BCUT2D eigenvalue weighted by Crippen LogP contribution is -1.93. The van der Waals surface area contributed by atoms with Crippen molar-refractivity contribution in [1.82, 2.24) is 0 Å². The quantitative estimate of drug-likeness (QED) is 0.383. The Morgan fingerprint density at radius 3 is 1.64 bits per heavy atom. The monoisotopic (exact) mass is 410 g/mol. The maximum atomic E-state index is 9.13. The van der Waals surface area contributed by atoms with Gasteiger partial charge in [-0.15, -0.1) is 0 Å². The second kappa shape index (κ2) is 10.1. The van der Waals surface area contributed by atoms with Gasteiger partial charge in [-0.2, -0.15) is 0 Å². The molecule has 0 spiro atoms. The van der Waals surface area contributed by atoms with Gasteiger partial charge in [0.25, 0.3) is 0 Å². The number of rotatable bonds is 4. The summed E-state index contributed by atoms with van der Waals surface area (Å²) in [6, 6.07) is 28.6. The van der Waals surface area contributed by atoms with Crippen molar-refractivity contribution in [3.8, 4) is 5.75 Å². The Labute approximate surface area is 174 Å². The highest BCUT2D eigenvalue weighted by molar-refractivity contribution is 6.30. The molecular weight excluding hydrogens is 391 g/mol. The van der Waals surface area contributed by atoms with E-state index in [2.05, 4.69) is 0 Å². The van der Waals surface area contributed by atoms with Crippen LogP contribution < -0.4 is 0 Å². The average Bonchev–Trinajstić information content (AvgIpc) is 2.71. The van der Waals surface area contributed by atoms with E-state index in [9.17, 15) is 0 Å². The molecular formula is C24H20Cl2O2. The van der Waals surface area contributed by atoms with Gasteiger partial charge in [-0.05, 0) is 58.3 Å². The molecule has 4 aromatic rings. The SMILES string of the molecule is Clc1ccc(COCc2ccc(Cl)cc2)cc1.Oc1ccc2ccccc2c1. The van der Waals surface area contributed by atoms with Crippen LogP contribution in [0.1, 0.15) is 11.1 Å². The summed E-state index contributed by atoms with van der Waals surface area (Å²) in [4.78, 5) is 0.